The van der Waals surface area contributed by atoms with Gasteiger partial charge < -0.3 is 15.4 Å². The second-order valence-corrected chi connectivity index (χ2v) is 5.47. The smallest absolute Gasteiger partial charge is 0.328 e. The van der Waals surface area contributed by atoms with Crippen molar-refractivity contribution in [1.29, 1.82) is 0 Å². The number of ether oxygens (including phenoxy) is 1. The van der Waals surface area contributed by atoms with Gasteiger partial charge in [0.15, 0.2) is 0 Å². The zero-order chi connectivity index (χ0) is 13.9. The number of carbonyl (C=O) groups is 3. The summed E-state index contributed by atoms with van der Waals surface area (Å²) < 4.78 is 5.15. The van der Waals surface area contributed by atoms with Gasteiger partial charge in [0.25, 0.3) is 0 Å². The lowest BCUT2D eigenvalue weighted by molar-refractivity contribution is -0.158. The second kappa shape index (κ2) is 5.37. The van der Waals surface area contributed by atoms with Crippen LogP contribution in [-0.4, -0.2) is 36.0 Å². The van der Waals surface area contributed by atoms with Crippen molar-refractivity contribution in [3.8, 4) is 0 Å². The Balaban J connectivity index is 2.44. The van der Waals surface area contributed by atoms with Crippen molar-refractivity contribution in [2.24, 2.45) is 5.92 Å². The van der Waals surface area contributed by atoms with E-state index >= 15 is 0 Å². The first-order valence-electron chi connectivity index (χ1n) is 5.99. The van der Waals surface area contributed by atoms with Gasteiger partial charge in [-0.25, -0.2) is 4.79 Å². The maximum atomic E-state index is 11.8. The van der Waals surface area contributed by atoms with Crippen LogP contribution in [0.4, 0.5) is 0 Å². The zero-order valence-corrected chi connectivity index (χ0v) is 11.2. The number of carbonyl (C=O) groups excluding carboxylic acids is 3. The van der Waals surface area contributed by atoms with E-state index in [4.69, 9.17) is 4.74 Å². The number of hydrogen-bond donors (Lipinski definition) is 2. The molecule has 1 fully saturated rings. The quantitative estimate of drug-likeness (QED) is 0.694. The highest BCUT2D eigenvalue weighted by atomic mass is 16.6. The van der Waals surface area contributed by atoms with E-state index in [-0.39, 0.29) is 18.2 Å². The van der Waals surface area contributed by atoms with Gasteiger partial charge in [0, 0.05) is 13.0 Å². The predicted octanol–water partition coefficient (Wildman–Crippen LogP) is -0.0311. The maximum Gasteiger partial charge on any atom is 0.328 e. The number of hydrogen-bond acceptors (Lipinski definition) is 4. The van der Waals surface area contributed by atoms with E-state index in [1.54, 1.807) is 27.7 Å². The third kappa shape index (κ3) is 4.35. The molecule has 0 spiro atoms. The molecule has 2 atom stereocenters. The van der Waals surface area contributed by atoms with Crippen molar-refractivity contribution in [3.63, 3.8) is 0 Å². The summed E-state index contributed by atoms with van der Waals surface area (Å²) in [7, 11) is 0. The van der Waals surface area contributed by atoms with E-state index in [0.717, 1.165) is 0 Å². The Labute approximate surface area is 106 Å². The summed E-state index contributed by atoms with van der Waals surface area (Å²) in [6.07, 6.45) is 0.173. The van der Waals surface area contributed by atoms with E-state index in [9.17, 15) is 14.4 Å². The molecule has 6 heteroatoms. The van der Waals surface area contributed by atoms with E-state index in [1.807, 2.05) is 0 Å². The van der Waals surface area contributed by atoms with Crippen LogP contribution in [0.3, 0.4) is 0 Å². The summed E-state index contributed by atoms with van der Waals surface area (Å²) in [5.74, 6) is -1.32. The van der Waals surface area contributed by atoms with Crippen LogP contribution < -0.4 is 10.6 Å². The molecule has 0 saturated carbocycles. The monoisotopic (exact) mass is 256 g/mol. The minimum Gasteiger partial charge on any atom is -0.458 e. The van der Waals surface area contributed by atoms with Crippen LogP contribution in [0.2, 0.25) is 0 Å². The minimum atomic E-state index is -0.715. The van der Waals surface area contributed by atoms with Crippen molar-refractivity contribution < 1.29 is 19.1 Å². The molecule has 1 heterocycles. The molecule has 1 aliphatic rings. The molecule has 1 aliphatic heterocycles. The van der Waals surface area contributed by atoms with Gasteiger partial charge in [-0.2, -0.15) is 0 Å². The molecule has 102 valence electrons. The Kier molecular flexibility index (Phi) is 4.32. The van der Waals surface area contributed by atoms with Gasteiger partial charge in [-0.05, 0) is 27.7 Å². The van der Waals surface area contributed by atoms with Crippen molar-refractivity contribution in [3.05, 3.63) is 0 Å². The molecule has 1 saturated heterocycles. The molecule has 18 heavy (non-hydrogen) atoms. The summed E-state index contributed by atoms with van der Waals surface area (Å²) in [6, 6.07) is -0.715. The molecule has 0 aromatic rings. The maximum absolute atomic E-state index is 11.8. The Morgan fingerprint density at radius 2 is 2.06 bits per heavy atom. The average molecular weight is 256 g/mol. The molecular formula is C12H20N2O4. The number of esters is 1. The average Bonchev–Trinajstić information content (AvgIpc) is 2.62. The molecular weight excluding hydrogens is 236 g/mol. The van der Waals surface area contributed by atoms with E-state index in [1.165, 1.54) is 0 Å². The fourth-order valence-corrected chi connectivity index (χ4v) is 1.57. The highest BCUT2D eigenvalue weighted by Crippen LogP contribution is 2.11. The lowest BCUT2D eigenvalue weighted by atomic mass is 10.1. The molecule has 0 aromatic carbocycles. The highest BCUT2D eigenvalue weighted by Gasteiger charge is 2.30. The van der Waals surface area contributed by atoms with Crippen LogP contribution >= 0.6 is 0 Å². The Bertz CT molecular complexity index is 360. The standard InChI is InChI=1S/C12H20N2O4/c1-7(11(17)18-12(2,3)4)14-10(16)8-5-9(15)13-6-8/h7-8H,5-6H2,1-4H3,(H,13,15)(H,14,16)/t7-,8?/m1/s1. The van der Waals surface area contributed by atoms with Crippen molar-refractivity contribution >= 4 is 17.8 Å². The van der Waals surface area contributed by atoms with E-state index < -0.39 is 23.5 Å². The largest absolute Gasteiger partial charge is 0.458 e. The molecule has 0 bridgehead atoms. The fraction of sp³-hybridized carbons (Fsp3) is 0.750. The van der Waals surface area contributed by atoms with Crippen molar-refractivity contribution in [2.75, 3.05) is 6.54 Å². The lowest BCUT2D eigenvalue weighted by Gasteiger charge is -2.23. The molecule has 2 amide bonds. The summed E-state index contributed by atoms with van der Waals surface area (Å²) in [6.45, 7) is 7.18. The van der Waals surface area contributed by atoms with Crippen LogP contribution in [0.25, 0.3) is 0 Å². The summed E-state index contributed by atoms with van der Waals surface area (Å²) >= 11 is 0. The molecule has 1 unspecified atom stereocenters. The first-order valence-corrected chi connectivity index (χ1v) is 5.99. The summed E-state index contributed by atoms with van der Waals surface area (Å²) in [4.78, 5) is 34.4. The second-order valence-electron chi connectivity index (χ2n) is 5.47. The Morgan fingerprint density at radius 3 is 2.50 bits per heavy atom. The molecule has 2 N–H and O–H groups in total. The van der Waals surface area contributed by atoms with Gasteiger partial charge in [0.1, 0.15) is 11.6 Å². The van der Waals surface area contributed by atoms with Crippen LogP contribution in [0.15, 0.2) is 0 Å². The Hall–Kier alpha value is -1.59. The highest BCUT2D eigenvalue weighted by molar-refractivity contribution is 5.91. The number of nitrogens with one attached hydrogen (secondary N) is 2. The van der Waals surface area contributed by atoms with E-state index in [2.05, 4.69) is 10.6 Å². The van der Waals surface area contributed by atoms with Gasteiger partial charge in [-0.1, -0.05) is 0 Å². The van der Waals surface area contributed by atoms with Gasteiger partial charge >= 0.3 is 5.97 Å². The van der Waals surface area contributed by atoms with Gasteiger partial charge in [0.05, 0.1) is 5.92 Å². The third-order valence-electron chi connectivity index (χ3n) is 2.47. The summed E-state index contributed by atoms with van der Waals surface area (Å²) in [5.41, 5.74) is -0.582. The molecule has 0 aromatic heterocycles. The van der Waals surface area contributed by atoms with Crippen LogP contribution in [0, 0.1) is 5.92 Å². The summed E-state index contributed by atoms with van der Waals surface area (Å²) in [5, 5.41) is 5.13. The van der Waals surface area contributed by atoms with E-state index in [0.29, 0.717) is 6.54 Å². The first-order chi connectivity index (χ1) is 8.19. The number of amides is 2. The van der Waals surface area contributed by atoms with Crippen molar-refractivity contribution in [2.45, 2.75) is 45.8 Å². The topological polar surface area (TPSA) is 84.5 Å². The number of rotatable bonds is 3. The first kappa shape index (κ1) is 14.5. The molecule has 6 nitrogen and oxygen atoms in total. The third-order valence-corrected chi connectivity index (χ3v) is 2.47. The van der Waals surface area contributed by atoms with Gasteiger partial charge in [-0.15, -0.1) is 0 Å². The zero-order valence-electron chi connectivity index (χ0n) is 11.2. The molecule has 1 rings (SSSR count). The van der Waals surface area contributed by atoms with Gasteiger partial charge in [-0.3, -0.25) is 9.59 Å². The molecule has 0 aliphatic carbocycles. The van der Waals surface area contributed by atoms with Crippen LogP contribution in [0.1, 0.15) is 34.1 Å². The van der Waals surface area contributed by atoms with Crippen LogP contribution in [-0.2, 0) is 19.1 Å². The van der Waals surface area contributed by atoms with Gasteiger partial charge in [0.2, 0.25) is 11.8 Å². The Morgan fingerprint density at radius 1 is 1.44 bits per heavy atom. The lowest BCUT2D eigenvalue weighted by Crippen LogP contribution is -2.44. The SMILES string of the molecule is C[C@@H](NC(=O)C1CNC(=O)C1)C(=O)OC(C)(C)C. The molecule has 0 radical (unpaired) electrons. The predicted molar refractivity (Wildman–Crippen MR) is 64.6 cm³/mol. The fourth-order valence-electron chi connectivity index (χ4n) is 1.57. The van der Waals surface area contributed by atoms with Crippen molar-refractivity contribution in [1.82, 2.24) is 10.6 Å². The minimum absolute atomic E-state index is 0.139. The van der Waals surface area contributed by atoms with Crippen LogP contribution in [0.5, 0.6) is 0 Å². The normalized spacial score (nSPS) is 21.1.